The Balaban J connectivity index is 2.68. The predicted octanol–water partition coefficient (Wildman–Crippen LogP) is 0.399. The fourth-order valence-corrected chi connectivity index (χ4v) is 2.09. The molecule has 0 fully saturated rings. The van der Waals surface area contributed by atoms with Crippen LogP contribution in [0.15, 0.2) is 45.8 Å². The monoisotopic (exact) mass is 348 g/mol. The normalized spacial score (nSPS) is 11.4. The third kappa shape index (κ3) is 5.20. The van der Waals surface area contributed by atoms with Crippen LogP contribution in [0.1, 0.15) is 0 Å². The second-order valence-corrected chi connectivity index (χ2v) is 5.82. The first-order valence-corrected chi connectivity index (χ1v) is 7.07. The number of sulfonamides is 1. The number of aliphatic carboxylic acids is 1. The highest BCUT2D eigenvalue weighted by Crippen LogP contribution is 2.13. The van der Waals surface area contributed by atoms with E-state index in [1.54, 1.807) is 0 Å². The van der Waals surface area contributed by atoms with E-state index in [0.29, 0.717) is 16.6 Å². The smallest absolute Gasteiger partial charge is 0.328 e. The minimum atomic E-state index is -3.89. The number of carboxylic acids is 1. The zero-order chi connectivity index (χ0) is 14.5. The second kappa shape index (κ2) is 6.45. The van der Waals surface area contributed by atoms with Gasteiger partial charge in [0.2, 0.25) is 0 Å². The molecule has 7 nitrogen and oxygen atoms in total. The van der Waals surface area contributed by atoms with Crippen molar-refractivity contribution in [2.24, 2.45) is 0 Å². The highest BCUT2D eigenvalue weighted by atomic mass is 79.9. The molecule has 19 heavy (non-hydrogen) atoms. The summed E-state index contributed by atoms with van der Waals surface area (Å²) in [5.41, 5.74) is 1.85. The van der Waals surface area contributed by atoms with Crippen LogP contribution in [-0.2, 0) is 19.6 Å². The van der Waals surface area contributed by atoms with Gasteiger partial charge in [0, 0.05) is 16.6 Å². The minimum absolute atomic E-state index is 0.0433. The van der Waals surface area contributed by atoms with Crippen molar-refractivity contribution in [3.63, 3.8) is 0 Å². The number of hydrogen-bond acceptors (Lipinski definition) is 4. The van der Waals surface area contributed by atoms with E-state index >= 15 is 0 Å². The van der Waals surface area contributed by atoms with E-state index in [2.05, 4.69) is 15.9 Å². The second-order valence-electron chi connectivity index (χ2n) is 3.22. The van der Waals surface area contributed by atoms with Gasteiger partial charge in [-0.1, -0.05) is 15.9 Å². The van der Waals surface area contributed by atoms with Gasteiger partial charge in [-0.05, 0) is 24.3 Å². The van der Waals surface area contributed by atoms with Crippen LogP contribution in [0.5, 0.6) is 0 Å². The maximum absolute atomic E-state index is 11.7. The fourth-order valence-electron chi connectivity index (χ4n) is 0.979. The van der Waals surface area contributed by atoms with Gasteiger partial charge in [0.25, 0.3) is 15.9 Å². The maximum Gasteiger partial charge on any atom is 0.328 e. The zero-order valence-electron chi connectivity index (χ0n) is 9.33. The lowest BCUT2D eigenvalue weighted by molar-refractivity contribution is -0.131. The molecule has 0 aliphatic carbocycles. The molecule has 0 heterocycles. The van der Waals surface area contributed by atoms with Crippen LogP contribution in [-0.4, -0.2) is 25.4 Å². The Morgan fingerprint density at radius 3 is 2.26 bits per heavy atom. The van der Waals surface area contributed by atoms with Crippen molar-refractivity contribution in [3.05, 3.63) is 40.9 Å². The van der Waals surface area contributed by atoms with E-state index in [1.807, 2.05) is 10.3 Å². The first-order valence-electron chi connectivity index (χ1n) is 4.79. The molecule has 0 aliphatic rings. The molecule has 3 N–H and O–H groups in total. The van der Waals surface area contributed by atoms with E-state index in [0.717, 1.165) is 0 Å². The summed E-state index contributed by atoms with van der Waals surface area (Å²) in [6, 6.07) is 5.73. The largest absolute Gasteiger partial charge is 0.478 e. The summed E-state index contributed by atoms with van der Waals surface area (Å²) in [5.74, 6) is -2.21. The highest BCUT2D eigenvalue weighted by Gasteiger charge is 2.13. The Hall–Kier alpha value is -1.71. The molecular weight excluding hydrogens is 340 g/mol. The first kappa shape index (κ1) is 15.3. The van der Waals surface area contributed by atoms with Gasteiger partial charge in [0.15, 0.2) is 0 Å². The van der Waals surface area contributed by atoms with Crippen LogP contribution >= 0.6 is 15.9 Å². The molecule has 1 amide bonds. The van der Waals surface area contributed by atoms with Gasteiger partial charge in [-0.25, -0.2) is 13.2 Å². The van der Waals surface area contributed by atoms with Gasteiger partial charge >= 0.3 is 5.97 Å². The number of carbonyl (C=O) groups excluding carboxylic acids is 1. The lowest BCUT2D eigenvalue weighted by Gasteiger charge is -2.06. The number of nitrogens with one attached hydrogen (secondary N) is 2. The van der Waals surface area contributed by atoms with E-state index in [1.165, 1.54) is 24.3 Å². The molecule has 0 bridgehead atoms. The van der Waals surface area contributed by atoms with E-state index in [-0.39, 0.29) is 4.90 Å². The van der Waals surface area contributed by atoms with Crippen LogP contribution in [0.3, 0.4) is 0 Å². The molecule has 0 unspecified atom stereocenters. The van der Waals surface area contributed by atoms with Gasteiger partial charge in [0.05, 0.1) is 4.90 Å². The van der Waals surface area contributed by atoms with Gasteiger partial charge in [-0.15, -0.1) is 4.83 Å². The molecule has 0 spiro atoms. The van der Waals surface area contributed by atoms with Gasteiger partial charge < -0.3 is 5.11 Å². The molecule has 1 aromatic carbocycles. The van der Waals surface area contributed by atoms with Gasteiger partial charge in [-0.2, -0.15) is 0 Å². The summed E-state index contributed by atoms with van der Waals surface area (Å²) in [4.78, 5) is 23.0. The Kier molecular flexibility index (Phi) is 5.21. The lowest BCUT2D eigenvalue weighted by atomic mass is 10.4. The minimum Gasteiger partial charge on any atom is -0.478 e. The number of amides is 1. The summed E-state index contributed by atoms with van der Waals surface area (Å²) in [6.45, 7) is 0. The van der Waals surface area contributed by atoms with Crippen molar-refractivity contribution in [1.82, 2.24) is 10.3 Å². The number of benzene rings is 1. The molecular formula is C10H9BrN2O5S. The molecule has 9 heteroatoms. The third-order valence-corrected chi connectivity index (χ3v) is 3.60. The molecule has 1 rings (SSSR count). The predicted molar refractivity (Wildman–Crippen MR) is 69.4 cm³/mol. The lowest BCUT2D eigenvalue weighted by Crippen LogP contribution is -2.40. The number of hydrazine groups is 1. The number of carbonyl (C=O) groups is 2. The summed E-state index contributed by atoms with van der Waals surface area (Å²) in [7, 11) is -3.89. The number of halogens is 1. The Bertz CT molecular complexity index is 609. The van der Waals surface area contributed by atoms with Crippen molar-refractivity contribution in [1.29, 1.82) is 0 Å². The Morgan fingerprint density at radius 2 is 1.74 bits per heavy atom. The van der Waals surface area contributed by atoms with Crippen LogP contribution < -0.4 is 10.3 Å². The standard InChI is InChI=1S/C10H9BrN2O5S/c11-7-1-3-8(4-2-7)19(17,18)13-12-9(14)5-6-10(15)16/h1-6,13H,(H,12,14)(H,15,16)/b6-5-. The average Bonchev–Trinajstić information content (AvgIpc) is 2.34. The molecule has 102 valence electrons. The topological polar surface area (TPSA) is 113 Å². The quantitative estimate of drug-likeness (QED) is 0.526. The molecule has 0 radical (unpaired) electrons. The van der Waals surface area contributed by atoms with Crippen molar-refractivity contribution < 1.29 is 23.1 Å². The van der Waals surface area contributed by atoms with E-state index < -0.39 is 21.9 Å². The fraction of sp³-hybridized carbons (Fsp3) is 0. The number of rotatable bonds is 5. The summed E-state index contributed by atoms with van der Waals surface area (Å²) in [6.07, 6.45) is 1.27. The third-order valence-electron chi connectivity index (χ3n) is 1.81. The van der Waals surface area contributed by atoms with Crippen LogP contribution in [0.2, 0.25) is 0 Å². The molecule has 0 aromatic heterocycles. The number of carboxylic acid groups (broad SMARTS) is 1. The molecule has 0 aliphatic heterocycles. The maximum atomic E-state index is 11.7. The molecule has 1 aromatic rings. The van der Waals surface area contributed by atoms with Crippen LogP contribution in [0.25, 0.3) is 0 Å². The zero-order valence-corrected chi connectivity index (χ0v) is 11.7. The number of hydrogen-bond donors (Lipinski definition) is 3. The van der Waals surface area contributed by atoms with Crippen LogP contribution in [0.4, 0.5) is 0 Å². The van der Waals surface area contributed by atoms with Crippen LogP contribution in [0, 0.1) is 0 Å². The average molecular weight is 349 g/mol. The van der Waals surface area contributed by atoms with Gasteiger partial charge in [0.1, 0.15) is 0 Å². The molecule has 0 saturated heterocycles. The first-order chi connectivity index (χ1) is 8.81. The summed E-state index contributed by atoms with van der Waals surface area (Å²) >= 11 is 3.16. The Labute approximate surface area is 117 Å². The Morgan fingerprint density at radius 1 is 1.16 bits per heavy atom. The molecule has 0 saturated carbocycles. The van der Waals surface area contributed by atoms with E-state index in [9.17, 15) is 18.0 Å². The van der Waals surface area contributed by atoms with E-state index in [4.69, 9.17) is 5.11 Å². The highest BCUT2D eigenvalue weighted by molar-refractivity contribution is 9.10. The summed E-state index contributed by atoms with van der Waals surface area (Å²) < 4.78 is 24.1. The van der Waals surface area contributed by atoms with Crippen molar-refractivity contribution in [2.45, 2.75) is 4.90 Å². The van der Waals surface area contributed by atoms with Crippen molar-refractivity contribution in [3.8, 4) is 0 Å². The van der Waals surface area contributed by atoms with Crippen molar-refractivity contribution >= 4 is 37.8 Å². The summed E-state index contributed by atoms with van der Waals surface area (Å²) in [5, 5.41) is 8.28. The molecule has 0 atom stereocenters. The van der Waals surface area contributed by atoms with Gasteiger partial charge in [-0.3, -0.25) is 10.2 Å². The SMILES string of the molecule is O=C(O)/C=C\C(=O)NNS(=O)(=O)c1ccc(Br)cc1. The van der Waals surface area contributed by atoms with Crippen molar-refractivity contribution in [2.75, 3.05) is 0 Å².